The first-order chi connectivity index (χ1) is 7.43. The van der Waals surface area contributed by atoms with Crippen LogP contribution in [0, 0.1) is 0 Å². The fraction of sp³-hybridized carbons (Fsp3) is 0.750. The zero-order valence-corrected chi connectivity index (χ0v) is 11.2. The standard InChI is InChI=1S/C8H15N3O3PS/c1-8(2,3)7-10-6(14-11-7)4-16-15(12)13-5-9/h4-5,9H2,1-3H3/q+1. The monoisotopic (exact) mass is 264 g/mol. The van der Waals surface area contributed by atoms with Gasteiger partial charge in [-0.05, 0) is 4.57 Å². The van der Waals surface area contributed by atoms with Crippen molar-refractivity contribution in [2.45, 2.75) is 31.9 Å². The van der Waals surface area contributed by atoms with Crippen LogP contribution in [0.15, 0.2) is 4.52 Å². The second-order valence-electron chi connectivity index (χ2n) is 4.05. The van der Waals surface area contributed by atoms with Crippen molar-refractivity contribution in [3.63, 3.8) is 0 Å². The zero-order valence-electron chi connectivity index (χ0n) is 9.47. The molecule has 0 aromatic carbocycles. The lowest BCUT2D eigenvalue weighted by Crippen LogP contribution is -2.13. The molecule has 0 aliphatic heterocycles. The molecule has 0 bridgehead atoms. The molecule has 8 heteroatoms. The van der Waals surface area contributed by atoms with E-state index < -0.39 is 7.23 Å². The van der Waals surface area contributed by atoms with Gasteiger partial charge in [0.05, 0.1) is 0 Å². The summed E-state index contributed by atoms with van der Waals surface area (Å²) in [5.41, 5.74) is 4.94. The Hall–Kier alpha value is -0.490. The third kappa shape index (κ3) is 4.17. The average molecular weight is 264 g/mol. The largest absolute Gasteiger partial charge is 0.587 e. The van der Waals surface area contributed by atoms with Crippen molar-refractivity contribution >= 4 is 18.6 Å². The number of hydrogen-bond donors (Lipinski definition) is 1. The lowest BCUT2D eigenvalue weighted by atomic mass is 9.96. The minimum absolute atomic E-state index is 0.0563. The molecule has 0 spiro atoms. The predicted octanol–water partition coefficient (Wildman–Crippen LogP) is 2.19. The van der Waals surface area contributed by atoms with Crippen molar-refractivity contribution in [1.82, 2.24) is 10.1 Å². The minimum atomic E-state index is -1.81. The van der Waals surface area contributed by atoms with E-state index in [0.29, 0.717) is 17.5 Å². The van der Waals surface area contributed by atoms with Crippen molar-refractivity contribution in [2.75, 3.05) is 6.73 Å². The van der Waals surface area contributed by atoms with Gasteiger partial charge in [-0.3, -0.25) is 0 Å². The topological polar surface area (TPSA) is 91.2 Å². The summed E-state index contributed by atoms with van der Waals surface area (Å²) in [5.74, 6) is 1.44. The van der Waals surface area contributed by atoms with Crippen molar-refractivity contribution in [1.29, 1.82) is 0 Å². The van der Waals surface area contributed by atoms with Crippen molar-refractivity contribution in [2.24, 2.45) is 5.73 Å². The van der Waals surface area contributed by atoms with E-state index >= 15 is 0 Å². The van der Waals surface area contributed by atoms with Gasteiger partial charge in [-0.1, -0.05) is 25.9 Å². The number of nitrogens with two attached hydrogens (primary N) is 1. The molecule has 2 N–H and O–H groups in total. The Bertz CT molecular complexity index is 364. The molecule has 6 nitrogen and oxygen atoms in total. The molecule has 0 aliphatic carbocycles. The molecule has 0 fully saturated rings. The Labute approximate surface area is 98.9 Å². The highest BCUT2D eigenvalue weighted by Crippen LogP contribution is 2.40. The van der Waals surface area contributed by atoms with Crippen molar-refractivity contribution in [3.8, 4) is 0 Å². The molecule has 1 atom stereocenters. The van der Waals surface area contributed by atoms with E-state index in [2.05, 4.69) is 10.1 Å². The fourth-order valence-corrected chi connectivity index (χ4v) is 2.41. The first kappa shape index (κ1) is 13.6. The number of hydrogen-bond acceptors (Lipinski definition) is 7. The number of nitrogens with zero attached hydrogens (tertiary/aromatic N) is 2. The molecule has 90 valence electrons. The molecule has 1 rings (SSSR count). The van der Waals surface area contributed by atoms with Gasteiger partial charge in [-0.15, -0.1) is 4.52 Å². The van der Waals surface area contributed by atoms with E-state index in [9.17, 15) is 4.57 Å². The Morgan fingerprint density at radius 2 is 2.25 bits per heavy atom. The molecule has 1 aromatic heterocycles. The predicted molar refractivity (Wildman–Crippen MR) is 62.0 cm³/mol. The maximum atomic E-state index is 11.1. The normalized spacial score (nSPS) is 12.9. The molecule has 0 amide bonds. The highest BCUT2D eigenvalue weighted by molar-refractivity contribution is 8.49. The van der Waals surface area contributed by atoms with Crippen LogP contribution in [0.25, 0.3) is 0 Å². The van der Waals surface area contributed by atoms with E-state index in [0.717, 1.165) is 11.4 Å². The first-order valence-electron chi connectivity index (χ1n) is 4.69. The summed E-state index contributed by atoms with van der Waals surface area (Å²) in [5, 5.41) is 3.85. The molecule has 16 heavy (non-hydrogen) atoms. The maximum Gasteiger partial charge on any atom is 0.587 e. The second kappa shape index (κ2) is 5.72. The zero-order chi connectivity index (χ0) is 12.2. The SMILES string of the molecule is CC(C)(C)c1noc(CS[P+](=O)OCN)n1. The van der Waals surface area contributed by atoms with Crippen LogP contribution in [0.5, 0.6) is 0 Å². The summed E-state index contributed by atoms with van der Waals surface area (Å²) in [7, 11) is -1.81. The smallest absolute Gasteiger partial charge is 0.338 e. The second-order valence-corrected chi connectivity index (χ2v) is 6.98. The Balaban J connectivity index is 2.50. The van der Waals surface area contributed by atoms with E-state index in [1.54, 1.807) is 0 Å². The van der Waals surface area contributed by atoms with Gasteiger partial charge < -0.3 is 10.3 Å². The van der Waals surface area contributed by atoms with Crippen LogP contribution in [-0.4, -0.2) is 16.9 Å². The van der Waals surface area contributed by atoms with Gasteiger partial charge in [-0.2, -0.15) is 4.98 Å². The van der Waals surface area contributed by atoms with Gasteiger partial charge in [-0.25, -0.2) is 0 Å². The molecular weight excluding hydrogens is 249 g/mol. The van der Waals surface area contributed by atoms with Gasteiger partial charge in [0.2, 0.25) is 5.89 Å². The lowest BCUT2D eigenvalue weighted by Gasteiger charge is -2.10. The van der Waals surface area contributed by atoms with Gasteiger partial charge in [0.25, 0.3) is 0 Å². The van der Waals surface area contributed by atoms with Crippen molar-refractivity contribution < 1.29 is 13.6 Å². The quantitative estimate of drug-likeness (QED) is 0.643. The summed E-state index contributed by atoms with van der Waals surface area (Å²) in [6.45, 7) is 5.92. The van der Waals surface area contributed by atoms with E-state index in [1.807, 2.05) is 20.8 Å². The molecule has 0 saturated carbocycles. The highest BCUT2D eigenvalue weighted by Gasteiger charge is 2.24. The molecule has 0 radical (unpaired) electrons. The number of rotatable bonds is 5. The average Bonchev–Trinajstić information content (AvgIpc) is 2.63. The van der Waals surface area contributed by atoms with Gasteiger partial charge >= 0.3 is 7.23 Å². The fourth-order valence-electron chi connectivity index (χ4n) is 0.824. The number of aromatic nitrogens is 2. The first-order valence-corrected chi connectivity index (χ1v) is 7.46. The molecule has 0 saturated heterocycles. The Kier molecular flexibility index (Phi) is 4.86. The minimum Gasteiger partial charge on any atom is -0.338 e. The third-order valence-electron chi connectivity index (χ3n) is 1.61. The van der Waals surface area contributed by atoms with Crippen LogP contribution in [0.3, 0.4) is 0 Å². The summed E-state index contributed by atoms with van der Waals surface area (Å²) in [6, 6.07) is 0. The van der Waals surface area contributed by atoms with Crippen LogP contribution in [0.2, 0.25) is 0 Å². The molecule has 0 aliphatic rings. The van der Waals surface area contributed by atoms with Crippen LogP contribution < -0.4 is 5.73 Å². The molecular formula is C8H15N3O3PS+. The summed E-state index contributed by atoms with van der Waals surface area (Å²) in [6.07, 6.45) is 0. The Morgan fingerprint density at radius 1 is 1.56 bits per heavy atom. The Morgan fingerprint density at radius 3 is 2.75 bits per heavy atom. The molecule has 1 aromatic rings. The highest BCUT2D eigenvalue weighted by atomic mass is 32.7. The van der Waals surface area contributed by atoms with Gasteiger partial charge in [0.15, 0.2) is 23.9 Å². The third-order valence-corrected chi connectivity index (χ3v) is 3.90. The molecule has 1 heterocycles. The summed E-state index contributed by atoms with van der Waals surface area (Å²) < 4.78 is 20.9. The summed E-state index contributed by atoms with van der Waals surface area (Å²) in [4.78, 5) is 4.20. The van der Waals surface area contributed by atoms with Crippen LogP contribution >= 0.6 is 18.6 Å². The van der Waals surface area contributed by atoms with Gasteiger partial charge in [0, 0.05) is 5.41 Å². The maximum absolute atomic E-state index is 11.1. The van der Waals surface area contributed by atoms with Gasteiger partial charge in [0.1, 0.15) is 5.75 Å². The van der Waals surface area contributed by atoms with Crippen LogP contribution in [0.1, 0.15) is 32.5 Å². The van der Waals surface area contributed by atoms with Crippen LogP contribution in [-0.2, 0) is 20.3 Å². The van der Waals surface area contributed by atoms with E-state index in [-0.39, 0.29) is 12.1 Å². The molecule has 1 unspecified atom stereocenters. The van der Waals surface area contributed by atoms with E-state index in [4.69, 9.17) is 14.8 Å². The summed E-state index contributed by atoms with van der Waals surface area (Å²) >= 11 is 1.09. The lowest BCUT2D eigenvalue weighted by molar-refractivity contribution is 0.351. The van der Waals surface area contributed by atoms with E-state index in [1.165, 1.54) is 0 Å². The van der Waals surface area contributed by atoms with Crippen molar-refractivity contribution in [3.05, 3.63) is 11.7 Å². The van der Waals surface area contributed by atoms with Crippen LogP contribution in [0.4, 0.5) is 0 Å².